The largest absolute Gasteiger partial charge is 0.355 e. The van der Waals surface area contributed by atoms with Crippen LogP contribution in [0.3, 0.4) is 0 Å². The second-order valence-electron chi connectivity index (χ2n) is 9.61. The summed E-state index contributed by atoms with van der Waals surface area (Å²) in [6.07, 6.45) is 1.15. The molecule has 0 radical (unpaired) electrons. The lowest BCUT2D eigenvalue weighted by Gasteiger charge is -2.33. The highest BCUT2D eigenvalue weighted by atomic mass is 32.2. The number of sulfonamides is 1. The molecule has 11 heteroatoms. The Balaban J connectivity index is 2.09. The van der Waals surface area contributed by atoms with Crippen molar-refractivity contribution in [2.75, 3.05) is 23.7 Å². The fourth-order valence-electron chi connectivity index (χ4n) is 4.43. The third-order valence-electron chi connectivity index (χ3n) is 6.41. The minimum atomic E-state index is -4.04. The average molecular weight is 567 g/mol. The summed E-state index contributed by atoms with van der Waals surface area (Å²) in [5, 5.41) is 14.2. The molecule has 0 heterocycles. The Kier molecular flexibility index (Phi) is 10.0. The standard InChI is InChI=1S/C29H34N4O6S/c1-5-30-29(35)27(17-23-11-7-6-8-12-23)31(19-24-13-9-10-21(2)16-24)28(34)20-32(40(4,38)39)26-18-25(33(36)37)15-14-22(26)3/h6-16,18,27H,5,17,19-20H2,1-4H3,(H,30,35)/t27-/m1/s1. The lowest BCUT2D eigenvalue weighted by molar-refractivity contribution is -0.384. The molecule has 2 amide bonds. The second kappa shape index (κ2) is 13.2. The Hall–Kier alpha value is -4.25. The van der Waals surface area contributed by atoms with Gasteiger partial charge < -0.3 is 10.2 Å². The van der Waals surface area contributed by atoms with Gasteiger partial charge in [0.25, 0.3) is 5.69 Å². The van der Waals surface area contributed by atoms with E-state index in [0.29, 0.717) is 12.1 Å². The molecule has 0 bridgehead atoms. The molecule has 0 aliphatic rings. The summed E-state index contributed by atoms with van der Waals surface area (Å²) < 4.78 is 26.7. The molecule has 1 atom stereocenters. The number of nitrogens with zero attached hydrogens (tertiary/aromatic N) is 3. The average Bonchev–Trinajstić information content (AvgIpc) is 2.89. The summed E-state index contributed by atoms with van der Waals surface area (Å²) in [7, 11) is -4.04. The number of benzene rings is 3. The first-order valence-corrected chi connectivity index (χ1v) is 14.6. The van der Waals surface area contributed by atoms with E-state index in [1.807, 2.05) is 61.5 Å². The molecule has 0 aliphatic heterocycles. The number of nitrogens with one attached hydrogen (secondary N) is 1. The van der Waals surface area contributed by atoms with Crippen molar-refractivity contribution in [2.24, 2.45) is 0 Å². The predicted molar refractivity (Wildman–Crippen MR) is 154 cm³/mol. The fourth-order valence-corrected chi connectivity index (χ4v) is 5.33. The molecule has 0 aromatic heterocycles. The lowest BCUT2D eigenvalue weighted by atomic mass is 10.0. The van der Waals surface area contributed by atoms with Crippen molar-refractivity contribution < 1.29 is 22.9 Å². The minimum absolute atomic E-state index is 0.0261. The van der Waals surface area contributed by atoms with Gasteiger partial charge in [0.05, 0.1) is 16.9 Å². The summed E-state index contributed by atoms with van der Waals surface area (Å²) in [6.45, 7) is 5.06. The maximum atomic E-state index is 14.0. The van der Waals surface area contributed by atoms with E-state index < -0.39 is 33.4 Å². The topological polar surface area (TPSA) is 130 Å². The number of aryl methyl sites for hydroxylation is 2. The lowest BCUT2D eigenvalue weighted by Crippen LogP contribution is -2.53. The summed E-state index contributed by atoms with van der Waals surface area (Å²) in [5.74, 6) is -0.991. The Morgan fingerprint density at radius 2 is 1.65 bits per heavy atom. The Morgan fingerprint density at radius 1 is 0.975 bits per heavy atom. The molecule has 0 spiro atoms. The van der Waals surface area contributed by atoms with E-state index in [0.717, 1.165) is 33.3 Å². The molecule has 212 valence electrons. The van der Waals surface area contributed by atoms with E-state index >= 15 is 0 Å². The number of rotatable bonds is 12. The normalized spacial score (nSPS) is 11.9. The van der Waals surface area contributed by atoms with Gasteiger partial charge in [0.15, 0.2) is 0 Å². The van der Waals surface area contributed by atoms with Crippen LogP contribution in [0.5, 0.6) is 0 Å². The van der Waals surface area contributed by atoms with Crippen molar-refractivity contribution in [3.05, 3.63) is 105 Å². The SMILES string of the molecule is CCNC(=O)[C@@H](Cc1ccccc1)N(Cc1cccc(C)c1)C(=O)CN(c1cc([N+](=O)[O-])ccc1C)S(C)(=O)=O. The van der Waals surface area contributed by atoms with Gasteiger partial charge in [-0.1, -0.05) is 66.2 Å². The molecule has 0 aliphatic carbocycles. The monoisotopic (exact) mass is 566 g/mol. The van der Waals surface area contributed by atoms with Crippen LogP contribution in [0.25, 0.3) is 0 Å². The number of amides is 2. The van der Waals surface area contributed by atoms with Gasteiger partial charge in [0.1, 0.15) is 12.6 Å². The Bertz CT molecular complexity index is 1480. The molecule has 40 heavy (non-hydrogen) atoms. The Morgan fingerprint density at radius 3 is 2.25 bits per heavy atom. The number of carbonyl (C=O) groups is 2. The van der Waals surface area contributed by atoms with Crippen molar-refractivity contribution >= 4 is 33.2 Å². The zero-order valence-corrected chi connectivity index (χ0v) is 23.8. The van der Waals surface area contributed by atoms with Crippen molar-refractivity contribution in [2.45, 2.75) is 39.8 Å². The maximum absolute atomic E-state index is 14.0. The molecule has 0 fully saturated rings. The van der Waals surface area contributed by atoms with Gasteiger partial charge >= 0.3 is 0 Å². The molecule has 3 rings (SSSR count). The van der Waals surface area contributed by atoms with Crippen LogP contribution in [0.15, 0.2) is 72.8 Å². The van der Waals surface area contributed by atoms with Crippen LogP contribution in [0.2, 0.25) is 0 Å². The molecular weight excluding hydrogens is 532 g/mol. The van der Waals surface area contributed by atoms with E-state index in [1.54, 1.807) is 13.8 Å². The van der Waals surface area contributed by atoms with Crippen molar-refractivity contribution in [3.8, 4) is 0 Å². The highest BCUT2D eigenvalue weighted by Gasteiger charge is 2.33. The smallest absolute Gasteiger partial charge is 0.271 e. The van der Waals surface area contributed by atoms with Gasteiger partial charge in [-0.15, -0.1) is 0 Å². The summed E-state index contributed by atoms with van der Waals surface area (Å²) in [5.41, 5.74) is 2.73. The molecule has 3 aromatic rings. The summed E-state index contributed by atoms with van der Waals surface area (Å²) in [6, 6.07) is 19.7. The van der Waals surface area contributed by atoms with Gasteiger partial charge in [-0.25, -0.2) is 8.42 Å². The Labute approximate surface area is 234 Å². The number of hydrogen-bond acceptors (Lipinski definition) is 6. The van der Waals surface area contributed by atoms with Crippen LogP contribution in [-0.2, 0) is 32.6 Å². The van der Waals surface area contributed by atoms with Gasteiger partial charge in [0, 0.05) is 31.6 Å². The number of hydrogen-bond donors (Lipinski definition) is 1. The third-order valence-corrected chi connectivity index (χ3v) is 7.54. The second-order valence-corrected chi connectivity index (χ2v) is 11.5. The van der Waals surface area contributed by atoms with Crippen molar-refractivity contribution in [1.29, 1.82) is 0 Å². The number of anilines is 1. The van der Waals surface area contributed by atoms with E-state index in [4.69, 9.17) is 0 Å². The van der Waals surface area contributed by atoms with Crippen LogP contribution in [-0.4, -0.2) is 55.4 Å². The zero-order chi connectivity index (χ0) is 29.4. The van der Waals surface area contributed by atoms with E-state index in [2.05, 4.69) is 5.32 Å². The van der Waals surface area contributed by atoms with E-state index in [1.165, 1.54) is 17.0 Å². The first-order valence-electron chi connectivity index (χ1n) is 12.8. The fraction of sp³-hybridized carbons (Fsp3) is 0.310. The molecule has 0 saturated heterocycles. The van der Waals surface area contributed by atoms with Crippen LogP contribution in [0, 0.1) is 24.0 Å². The van der Waals surface area contributed by atoms with Crippen LogP contribution >= 0.6 is 0 Å². The highest BCUT2D eigenvalue weighted by Crippen LogP contribution is 2.28. The molecule has 10 nitrogen and oxygen atoms in total. The third kappa shape index (κ3) is 7.89. The van der Waals surface area contributed by atoms with Gasteiger partial charge in [-0.2, -0.15) is 0 Å². The quantitative estimate of drug-likeness (QED) is 0.263. The predicted octanol–water partition coefficient (Wildman–Crippen LogP) is 3.75. The van der Waals surface area contributed by atoms with Gasteiger partial charge in [-0.3, -0.25) is 24.0 Å². The van der Waals surface area contributed by atoms with Crippen LogP contribution in [0.4, 0.5) is 11.4 Å². The van der Waals surface area contributed by atoms with Gasteiger partial charge in [-0.05, 0) is 37.5 Å². The maximum Gasteiger partial charge on any atom is 0.271 e. The highest BCUT2D eigenvalue weighted by molar-refractivity contribution is 7.92. The minimum Gasteiger partial charge on any atom is -0.355 e. The number of carbonyl (C=O) groups excluding carboxylic acids is 2. The molecule has 0 saturated carbocycles. The first kappa shape index (κ1) is 30.3. The zero-order valence-electron chi connectivity index (χ0n) is 23.0. The van der Waals surface area contributed by atoms with E-state index in [-0.39, 0.29) is 30.2 Å². The first-order chi connectivity index (χ1) is 18.9. The molecule has 1 N–H and O–H groups in total. The number of likely N-dealkylation sites (N-methyl/N-ethyl adjacent to an activating group) is 1. The number of nitro groups is 1. The van der Waals surface area contributed by atoms with Gasteiger partial charge in [0.2, 0.25) is 21.8 Å². The van der Waals surface area contributed by atoms with E-state index in [9.17, 15) is 28.1 Å². The van der Waals surface area contributed by atoms with Crippen LogP contribution < -0.4 is 9.62 Å². The number of nitro benzene ring substituents is 1. The van der Waals surface area contributed by atoms with Crippen molar-refractivity contribution in [3.63, 3.8) is 0 Å². The summed E-state index contributed by atoms with van der Waals surface area (Å²) >= 11 is 0. The summed E-state index contributed by atoms with van der Waals surface area (Å²) in [4.78, 5) is 39.6. The number of non-ortho nitro benzene ring substituents is 1. The van der Waals surface area contributed by atoms with Crippen LogP contribution in [0.1, 0.15) is 29.2 Å². The van der Waals surface area contributed by atoms with Crippen molar-refractivity contribution in [1.82, 2.24) is 10.2 Å². The molecular formula is C29H34N4O6S. The molecule has 3 aromatic carbocycles. The molecule has 0 unspecified atom stereocenters.